The smallest absolute Gasteiger partial charge is 0.422 e. The highest BCUT2D eigenvalue weighted by Crippen LogP contribution is 2.33. The first-order chi connectivity index (χ1) is 17.6. The van der Waals surface area contributed by atoms with E-state index in [0.29, 0.717) is 43.8 Å². The van der Waals surface area contributed by atoms with E-state index in [-0.39, 0.29) is 34.2 Å². The third-order valence-corrected chi connectivity index (χ3v) is 8.26. The molecule has 1 aliphatic heterocycles. The number of hydrogen-bond donors (Lipinski definition) is 0. The van der Waals surface area contributed by atoms with Gasteiger partial charge in [0.25, 0.3) is 5.56 Å². The fourth-order valence-electron chi connectivity index (χ4n) is 4.43. The Balaban J connectivity index is 1.99. The minimum absolute atomic E-state index is 0.0150. The van der Waals surface area contributed by atoms with Gasteiger partial charge in [-0.1, -0.05) is 13.3 Å². The molecule has 1 aliphatic rings. The SMILES string of the molecule is CCCc1nn(C)c2c(=O)n(C(=O)OC)c(-c3cc(S(=O)(=O)N4CCN(C)CC4)ccc3OCC)nc12. The fraction of sp³-hybridized carbons (Fsp3) is 0.500. The molecule has 0 atom stereocenters. The van der Waals surface area contributed by atoms with Crippen LogP contribution in [0.4, 0.5) is 4.79 Å². The molecule has 1 fully saturated rings. The van der Waals surface area contributed by atoms with Crippen molar-refractivity contribution in [2.45, 2.75) is 31.6 Å². The quantitative estimate of drug-likeness (QED) is 0.446. The van der Waals surface area contributed by atoms with Crippen molar-refractivity contribution in [1.82, 2.24) is 28.5 Å². The summed E-state index contributed by atoms with van der Waals surface area (Å²) in [6, 6.07) is 4.39. The van der Waals surface area contributed by atoms with Crippen molar-refractivity contribution < 1.29 is 22.7 Å². The number of methoxy groups -OCH3 is 1. The molecule has 0 unspecified atom stereocenters. The van der Waals surface area contributed by atoms with E-state index in [1.807, 2.05) is 14.0 Å². The molecule has 37 heavy (non-hydrogen) atoms. The lowest BCUT2D eigenvalue weighted by Gasteiger charge is -2.31. The largest absolute Gasteiger partial charge is 0.493 e. The summed E-state index contributed by atoms with van der Waals surface area (Å²) in [5, 5.41) is 4.44. The molecule has 4 rings (SSSR count). The number of nitrogens with zero attached hydrogens (tertiary/aromatic N) is 6. The van der Waals surface area contributed by atoms with E-state index in [1.165, 1.54) is 27.2 Å². The van der Waals surface area contributed by atoms with Gasteiger partial charge in [0.1, 0.15) is 11.3 Å². The van der Waals surface area contributed by atoms with Crippen LogP contribution in [-0.4, -0.2) is 90.0 Å². The number of carbonyl (C=O) groups excluding carboxylic acids is 1. The number of rotatable bonds is 7. The second-order valence-electron chi connectivity index (χ2n) is 8.86. The number of aromatic nitrogens is 4. The highest BCUT2D eigenvalue weighted by molar-refractivity contribution is 7.89. The molecule has 0 N–H and O–H groups in total. The minimum Gasteiger partial charge on any atom is -0.493 e. The predicted octanol–water partition coefficient (Wildman–Crippen LogP) is 1.70. The lowest BCUT2D eigenvalue weighted by atomic mass is 10.1. The van der Waals surface area contributed by atoms with Gasteiger partial charge in [-0.05, 0) is 38.6 Å². The van der Waals surface area contributed by atoms with Crippen LogP contribution in [0.25, 0.3) is 22.4 Å². The lowest BCUT2D eigenvalue weighted by molar-refractivity contribution is 0.172. The van der Waals surface area contributed by atoms with Crippen LogP contribution in [0.2, 0.25) is 0 Å². The molecule has 0 saturated carbocycles. The maximum atomic E-state index is 13.6. The van der Waals surface area contributed by atoms with Crippen molar-refractivity contribution in [2.75, 3.05) is 46.9 Å². The van der Waals surface area contributed by atoms with Gasteiger partial charge < -0.3 is 14.4 Å². The topological polar surface area (TPSA) is 129 Å². The highest BCUT2D eigenvalue weighted by atomic mass is 32.2. The molecule has 0 amide bonds. The molecule has 3 aromatic rings. The van der Waals surface area contributed by atoms with Gasteiger partial charge in [0.2, 0.25) is 10.0 Å². The Labute approximate surface area is 215 Å². The number of piperazine rings is 1. The summed E-state index contributed by atoms with van der Waals surface area (Å²) in [5.41, 5.74) is 0.623. The van der Waals surface area contributed by atoms with Crippen molar-refractivity contribution >= 4 is 27.1 Å². The van der Waals surface area contributed by atoms with E-state index >= 15 is 0 Å². The molecule has 13 heteroatoms. The number of benzene rings is 1. The number of carbonyl (C=O) groups is 1. The van der Waals surface area contributed by atoms with Crippen molar-refractivity contribution in [2.24, 2.45) is 7.05 Å². The summed E-state index contributed by atoms with van der Waals surface area (Å²) in [6.45, 7) is 5.98. The average Bonchev–Trinajstić information content (AvgIpc) is 3.19. The minimum atomic E-state index is -3.85. The van der Waals surface area contributed by atoms with Crippen LogP contribution >= 0.6 is 0 Å². The van der Waals surface area contributed by atoms with Gasteiger partial charge in [-0.3, -0.25) is 9.48 Å². The van der Waals surface area contributed by atoms with E-state index in [9.17, 15) is 18.0 Å². The Morgan fingerprint density at radius 1 is 1.11 bits per heavy atom. The van der Waals surface area contributed by atoms with Crippen LogP contribution in [0.15, 0.2) is 27.9 Å². The van der Waals surface area contributed by atoms with Crippen LogP contribution < -0.4 is 10.3 Å². The third-order valence-electron chi connectivity index (χ3n) is 6.36. The first kappa shape index (κ1) is 26.8. The maximum absolute atomic E-state index is 13.6. The molecule has 1 saturated heterocycles. The number of likely N-dealkylation sites (N-methyl/N-ethyl adjacent to an activating group) is 1. The lowest BCUT2D eigenvalue weighted by Crippen LogP contribution is -2.47. The summed E-state index contributed by atoms with van der Waals surface area (Å²) < 4.78 is 41.3. The molecule has 2 aromatic heterocycles. The van der Waals surface area contributed by atoms with Crippen LogP contribution in [0, 0.1) is 0 Å². The first-order valence-electron chi connectivity index (χ1n) is 12.2. The molecule has 12 nitrogen and oxygen atoms in total. The molecule has 0 radical (unpaired) electrons. The van der Waals surface area contributed by atoms with Crippen LogP contribution in [-0.2, 0) is 28.2 Å². The summed E-state index contributed by atoms with van der Waals surface area (Å²) in [7, 11) is 0.865. The van der Waals surface area contributed by atoms with E-state index < -0.39 is 21.7 Å². The van der Waals surface area contributed by atoms with Gasteiger partial charge in [0.15, 0.2) is 11.3 Å². The van der Waals surface area contributed by atoms with E-state index in [2.05, 4.69) is 15.0 Å². The first-order valence-corrected chi connectivity index (χ1v) is 13.6. The number of fused-ring (bicyclic) bond motifs is 1. The Morgan fingerprint density at radius 2 is 1.81 bits per heavy atom. The summed E-state index contributed by atoms with van der Waals surface area (Å²) in [6.07, 6.45) is 0.385. The Bertz CT molecular complexity index is 1490. The van der Waals surface area contributed by atoms with Crippen molar-refractivity contribution in [1.29, 1.82) is 0 Å². The maximum Gasteiger partial charge on any atom is 0.422 e. The van der Waals surface area contributed by atoms with Gasteiger partial charge in [-0.15, -0.1) is 0 Å². The average molecular weight is 533 g/mol. The predicted molar refractivity (Wildman–Crippen MR) is 137 cm³/mol. The molecule has 200 valence electrons. The third kappa shape index (κ3) is 4.86. The number of hydrogen-bond acceptors (Lipinski definition) is 9. The van der Waals surface area contributed by atoms with Crippen molar-refractivity contribution in [3.63, 3.8) is 0 Å². The molecule has 0 bridgehead atoms. The highest BCUT2D eigenvalue weighted by Gasteiger charge is 2.30. The Kier molecular flexibility index (Phi) is 7.67. The molecule has 0 spiro atoms. The molecular formula is C24H32N6O6S. The van der Waals surface area contributed by atoms with Crippen LogP contribution in [0.3, 0.4) is 0 Å². The fourth-order valence-corrected chi connectivity index (χ4v) is 5.88. The van der Waals surface area contributed by atoms with Gasteiger partial charge in [0.05, 0.1) is 29.9 Å². The molecule has 1 aromatic carbocycles. The zero-order valence-electron chi connectivity index (χ0n) is 21.7. The standard InChI is InChI=1S/C24H32N6O6S/c1-6-8-18-20-21(28(4)26-18)23(31)30(24(32)35-5)22(25-20)17-15-16(9-10-19(17)36-7-2)37(33,34)29-13-11-27(3)12-14-29/h9-10,15H,6-8,11-14H2,1-5H3. The number of ether oxygens (including phenoxy) is 2. The van der Waals surface area contributed by atoms with Gasteiger partial charge in [0, 0.05) is 33.2 Å². The summed E-state index contributed by atoms with van der Waals surface area (Å²) in [4.78, 5) is 33.2. The normalized spacial score (nSPS) is 15.3. The van der Waals surface area contributed by atoms with Gasteiger partial charge in [-0.25, -0.2) is 18.2 Å². The van der Waals surface area contributed by atoms with E-state index in [4.69, 9.17) is 9.47 Å². The van der Waals surface area contributed by atoms with Crippen molar-refractivity contribution in [3.05, 3.63) is 34.2 Å². The van der Waals surface area contributed by atoms with E-state index in [0.717, 1.165) is 18.1 Å². The summed E-state index contributed by atoms with van der Waals surface area (Å²) >= 11 is 0. The number of aryl methyl sites for hydroxylation is 2. The van der Waals surface area contributed by atoms with Crippen LogP contribution in [0.5, 0.6) is 5.75 Å². The Hall–Kier alpha value is -3.29. The summed E-state index contributed by atoms with van der Waals surface area (Å²) in [5.74, 6) is 0.207. The van der Waals surface area contributed by atoms with Gasteiger partial charge >= 0.3 is 6.09 Å². The van der Waals surface area contributed by atoms with Gasteiger partial charge in [-0.2, -0.15) is 14.0 Å². The molecular weight excluding hydrogens is 500 g/mol. The Morgan fingerprint density at radius 3 is 2.43 bits per heavy atom. The second kappa shape index (κ2) is 10.6. The molecule has 3 heterocycles. The monoisotopic (exact) mass is 532 g/mol. The van der Waals surface area contributed by atoms with Crippen LogP contribution in [0.1, 0.15) is 26.0 Å². The second-order valence-corrected chi connectivity index (χ2v) is 10.8. The number of sulfonamides is 1. The van der Waals surface area contributed by atoms with Crippen molar-refractivity contribution in [3.8, 4) is 17.1 Å². The molecule has 0 aliphatic carbocycles. The zero-order chi connectivity index (χ0) is 26.9. The zero-order valence-corrected chi connectivity index (χ0v) is 22.5. The van der Waals surface area contributed by atoms with E-state index in [1.54, 1.807) is 14.0 Å².